The molecule has 0 aromatic heterocycles. The second-order valence-corrected chi connectivity index (χ2v) is 4.47. The van der Waals surface area contributed by atoms with Crippen LogP contribution in [0.5, 0.6) is 5.75 Å². The average Bonchev–Trinajstić information content (AvgIpc) is 2.35. The number of hydrogen-bond acceptors (Lipinski definition) is 4. The highest BCUT2D eigenvalue weighted by Crippen LogP contribution is 2.28. The number of nitrogen functional groups attached to an aromatic ring is 1. The molecule has 0 saturated carbocycles. The summed E-state index contributed by atoms with van der Waals surface area (Å²) in [6.45, 7) is 5.80. The van der Waals surface area contributed by atoms with E-state index in [0.29, 0.717) is 17.5 Å². The van der Waals surface area contributed by atoms with Crippen LogP contribution in [0.25, 0.3) is 0 Å². The van der Waals surface area contributed by atoms with Gasteiger partial charge in [-0.15, -0.1) is 0 Å². The Morgan fingerprint density at radius 2 is 2.06 bits per heavy atom. The van der Waals surface area contributed by atoms with E-state index in [-0.39, 0.29) is 0 Å². The number of nitrogens with one attached hydrogen (secondary N) is 1. The third kappa shape index (κ3) is 4.84. The lowest BCUT2D eigenvalue weighted by molar-refractivity contribution is 0.0765. The van der Waals surface area contributed by atoms with Crippen molar-refractivity contribution in [3.63, 3.8) is 0 Å². The van der Waals surface area contributed by atoms with E-state index in [1.165, 1.54) is 0 Å². The van der Waals surface area contributed by atoms with Crippen molar-refractivity contribution in [2.45, 2.75) is 32.8 Å². The molecule has 0 fully saturated rings. The van der Waals surface area contributed by atoms with Crippen LogP contribution in [0.2, 0.25) is 0 Å². The Bertz CT molecular complexity index is 354. The van der Waals surface area contributed by atoms with Gasteiger partial charge in [0.1, 0.15) is 5.75 Å². The molecule has 0 spiro atoms. The van der Waals surface area contributed by atoms with Crippen molar-refractivity contribution in [3.8, 4) is 5.75 Å². The molecule has 0 heterocycles. The number of hydrogen-bond donors (Lipinski definition) is 2. The van der Waals surface area contributed by atoms with Gasteiger partial charge in [0, 0.05) is 13.2 Å². The number of rotatable bonds is 8. The quantitative estimate of drug-likeness (QED) is 0.552. The van der Waals surface area contributed by atoms with E-state index in [0.717, 1.165) is 31.7 Å². The lowest BCUT2D eigenvalue weighted by Gasteiger charge is -2.12. The van der Waals surface area contributed by atoms with Crippen LogP contribution in [0.3, 0.4) is 0 Å². The Labute approximate surface area is 109 Å². The highest BCUT2D eigenvalue weighted by atomic mass is 16.5. The topological polar surface area (TPSA) is 56.5 Å². The molecule has 0 aliphatic rings. The normalized spacial score (nSPS) is 10.7. The zero-order chi connectivity index (χ0) is 13.4. The Kier molecular flexibility index (Phi) is 6.36. The van der Waals surface area contributed by atoms with Crippen LogP contribution in [0.15, 0.2) is 18.2 Å². The van der Waals surface area contributed by atoms with Crippen molar-refractivity contribution in [1.82, 2.24) is 0 Å². The van der Waals surface area contributed by atoms with Gasteiger partial charge < -0.3 is 20.5 Å². The Hall–Kier alpha value is -1.42. The summed E-state index contributed by atoms with van der Waals surface area (Å²) in [6.07, 6.45) is 2.42. The van der Waals surface area contributed by atoms with Crippen LogP contribution in [0, 0.1) is 0 Å². The van der Waals surface area contributed by atoms with Crippen LogP contribution >= 0.6 is 0 Å². The van der Waals surface area contributed by atoms with Gasteiger partial charge in [-0.05, 0) is 38.8 Å². The molecule has 0 radical (unpaired) electrons. The van der Waals surface area contributed by atoms with Gasteiger partial charge in [-0.25, -0.2) is 0 Å². The fourth-order valence-electron chi connectivity index (χ4n) is 1.65. The smallest absolute Gasteiger partial charge is 0.143 e. The molecule has 4 nitrogen and oxygen atoms in total. The van der Waals surface area contributed by atoms with Gasteiger partial charge in [-0.2, -0.15) is 0 Å². The van der Waals surface area contributed by atoms with Crippen molar-refractivity contribution in [3.05, 3.63) is 18.2 Å². The first-order valence-electron chi connectivity index (χ1n) is 6.43. The molecule has 0 saturated heterocycles. The van der Waals surface area contributed by atoms with E-state index in [2.05, 4.69) is 19.2 Å². The van der Waals surface area contributed by atoms with Crippen LogP contribution in [0.4, 0.5) is 11.4 Å². The molecule has 1 aromatic rings. The zero-order valence-electron chi connectivity index (χ0n) is 11.5. The Balaban J connectivity index is 2.27. The summed E-state index contributed by atoms with van der Waals surface area (Å²) >= 11 is 0. The minimum Gasteiger partial charge on any atom is -0.495 e. The van der Waals surface area contributed by atoms with Crippen molar-refractivity contribution >= 4 is 11.4 Å². The summed E-state index contributed by atoms with van der Waals surface area (Å²) in [5.74, 6) is 0.711. The minimum atomic E-state index is 0.312. The number of unbranched alkanes of at least 4 members (excludes halogenated alkanes) is 1. The first-order valence-corrected chi connectivity index (χ1v) is 6.43. The van der Waals surface area contributed by atoms with Gasteiger partial charge in [0.2, 0.25) is 0 Å². The average molecular weight is 252 g/mol. The summed E-state index contributed by atoms with van der Waals surface area (Å²) in [4.78, 5) is 0. The molecule has 4 heteroatoms. The zero-order valence-corrected chi connectivity index (χ0v) is 11.5. The fourth-order valence-corrected chi connectivity index (χ4v) is 1.65. The molecular formula is C14H24N2O2. The SMILES string of the molecule is COc1cccc(NCCCCOC(C)C)c1N. The summed E-state index contributed by atoms with van der Waals surface area (Å²) < 4.78 is 10.7. The van der Waals surface area contributed by atoms with Gasteiger partial charge in [0.05, 0.1) is 24.6 Å². The molecule has 0 amide bonds. The third-order valence-electron chi connectivity index (χ3n) is 2.62. The summed E-state index contributed by atoms with van der Waals surface area (Å²) in [7, 11) is 1.62. The molecule has 0 bridgehead atoms. The molecule has 18 heavy (non-hydrogen) atoms. The summed E-state index contributed by atoms with van der Waals surface area (Å²) in [5, 5.41) is 3.32. The first-order chi connectivity index (χ1) is 8.65. The number of nitrogens with two attached hydrogens (primary N) is 1. The summed E-state index contributed by atoms with van der Waals surface area (Å²) in [5.41, 5.74) is 7.56. The fraction of sp³-hybridized carbons (Fsp3) is 0.571. The van der Waals surface area contributed by atoms with E-state index in [4.69, 9.17) is 15.2 Å². The van der Waals surface area contributed by atoms with Gasteiger partial charge >= 0.3 is 0 Å². The number of anilines is 2. The second-order valence-electron chi connectivity index (χ2n) is 4.47. The van der Waals surface area contributed by atoms with E-state index >= 15 is 0 Å². The molecule has 102 valence electrons. The second kappa shape index (κ2) is 7.82. The van der Waals surface area contributed by atoms with Crippen LogP contribution in [-0.4, -0.2) is 26.4 Å². The largest absolute Gasteiger partial charge is 0.495 e. The van der Waals surface area contributed by atoms with E-state index in [1.54, 1.807) is 7.11 Å². The van der Waals surface area contributed by atoms with Crippen molar-refractivity contribution < 1.29 is 9.47 Å². The third-order valence-corrected chi connectivity index (χ3v) is 2.62. The van der Waals surface area contributed by atoms with Crippen LogP contribution < -0.4 is 15.8 Å². The van der Waals surface area contributed by atoms with Gasteiger partial charge in [-0.1, -0.05) is 6.07 Å². The van der Waals surface area contributed by atoms with Crippen LogP contribution in [-0.2, 0) is 4.74 Å². The van der Waals surface area contributed by atoms with Gasteiger partial charge in [0.15, 0.2) is 0 Å². The molecule has 1 rings (SSSR count). The molecule has 0 unspecified atom stereocenters. The van der Waals surface area contributed by atoms with Gasteiger partial charge in [-0.3, -0.25) is 0 Å². The molecule has 0 aliphatic carbocycles. The Morgan fingerprint density at radius 3 is 2.72 bits per heavy atom. The standard InChI is InChI=1S/C14H24N2O2/c1-11(2)18-10-5-4-9-16-12-7-6-8-13(17-3)14(12)15/h6-8,11,16H,4-5,9-10,15H2,1-3H3. The van der Waals surface area contributed by atoms with E-state index in [9.17, 15) is 0 Å². The predicted octanol–water partition coefficient (Wildman–Crippen LogP) is 2.89. The first kappa shape index (κ1) is 14.6. The number of para-hydroxylation sites is 1. The maximum absolute atomic E-state index is 5.96. The molecule has 1 aromatic carbocycles. The monoisotopic (exact) mass is 252 g/mol. The van der Waals surface area contributed by atoms with E-state index < -0.39 is 0 Å². The maximum Gasteiger partial charge on any atom is 0.143 e. The number of benzene rings is 1. The highest BCUT2D eigenvalue weighted by molar-refractivity contribution is 5.72. The van der Waals surface area contributed by atoms with E-state index in [1.807, 2.05) is 18.2 Å². The van der Waals surface area contributed by atoms with Crippen molar-refractivity contribution in [2.75, 3.05) is 31.3 Å². The van der Waals surface area contributed by atoms with Crippen molar-refractivity contribution in [1.29, 1.82) is 0 Å². The molecule has 0 atom stereocenters. The summed E-state index contributed by atoms with van der Waals surface area (Å²) in [6, 6.07) is 5.75. The lowest BCUT2D eigenvalue weighted by atomic mass is 10.2. The van der Waals surface area contributed by atoms with Gasteiger partial charge in [0.25, 0.3) is 0 Å². The molecule has 0 aliphatic heterocycles. The minimum absolute atomic E-state index is 0.312. The maximum atomic E-state index is 5.96. The Morgan fingerprint density at radius 1 is 1.28 bits per heavy atom. The molecule has 3 N–H and O–H groups in total. The van der Waals surface area contributed by atoms with Crippen molar-refractivity contribution in [2.24, 2.45) is 0 Å². The number of methoxy groups -OCH3 is 1. The molecular weight excluding hydrogens is 228 g/mol. The number of ether oxygens (including phenoxy) is 2. The predicted molar refractivity (Wildman–Crippen MR) is 76.2 cm³/mol. The highest BCUT2D eigenvalue weighted by Gasteiger charge is 2.03. The lowest BCUT2D eigenvalue weighted by Crippen LogP contribution is -2.08. The van der Waals surface area contributed by atoms with Crippen LogP contribution in [0.1, 0.15) is 26.7 Å².